The third-order valence-electron chi connectivity index (χ3n) is 20.4. The van der Waals surface area contributed by atoms with Crippen LogP contribution in [0, 0.1) is 81.3 Å². The lowest BCUT2D eigenvalue weighted by Crippen LogP contribution is -2.75. The summed E-state index contributed by atoms with van der Waals surface area (Å²) in [6, 6.07) is 4.31. The zero-order valence-electron chi connectivity index (χ0n) is 42.0. The largest absolute Gasteiger partial charge is 0.494 e. The van der Waals surface area contributed by atoms with Crippen molar-refractivity contribution < 1.29 is 4.74 Å². The third-order valence-corrected chi connectivity index (χ3v) is 20.4. The van der Waals surface area contributed by atoms with Gasteiger partial charge in [-0.2, -0.15) is 5.26 Å². The van der Waals surface area contributed by atoms with Crippen LogP contribution in [0.5, 0.6) is 0 Å². The van der Waals surface area contributed by atoms with Gasteiger partial charge in [0.15, 0.2) is 0 Å². The fourth-order valence-electron chi connectivity index (χ4n) is 16.8. The van der Waals surface area contributed by atoms with Gasteiger partial charge in [0.05, 0.1) is 48.3 Å². The number of hydrogen-bond donors (Lipinski definition) is 3. The van der Waals surface area contributed by atoms with E-state index in [9.17, 15) is 5.26 Å². The van der Waals surface area contributed by atoms with Gasteiger partial charge in [0.2, 0.25) is 0 Å². The highest BCUT2D eigenvalue weighted by molar-refractivity contribution is 5.40. The van der Waals surface area contributed by atoms with E-state index >= 15 is 0 Å². The van der Waals surface area contributed by atoms with Crippen LogP contribution in [0.3, 0.4) is 0 Å². The molecule has 0 radical (unpaired) electrons. The maximum absolute atomic E-state index is 11.6. The summed E-state index contributed by atoms with van der Waals surface area (Å²) >= 11 is 0. The van der Waals surface area contributed by atoms with Gasteiger partial charge in [-0.05, 0) is 149 Å². The molecule has 12 rings (SSSR count). The number of fused-ring (bicyclic) bond motifs is 7. The average molecular weight is 905 g/mol. The molecule has 4 aliphatic heterocycles. The third kappa shape index (κ3) is 7.83. The summed E-state index contributed by atoms with van der Waals surface area (Å²) < 4.78 is 6.84. The minimum Gasteiger partial charge on any atom is -0.494 e. The molecule has 0 aromatic rings. The molecule has 3 fully saturated rings. The Kier molecular flexibility index (Phi) is 11.7. The summed E-state index contributed by atoms with van der Waals surface area (Å²) in [5, 5.41) is 24.8. The zero-order valence-corrected chi connectivity index (χ0v) is 42.0. The molecule has 7 nitrogen and oxygen atoms in total. The van der Waals surface area contributed by atoms with Crippen molar-refractivity contribution in [1.29, 1.82) is 5.26 Å². The molecule has 0 aromatic heterocycles. The number of allylic oxidation sites excluding steroid dienone is 9. The van der Waals surface area contributed by atoms with E-state index in [-0.39, 0.29) is 47.9 Å². The van der Waals surface area contributed by atoms with Crippen molar-refractivity contribution in [2.75, 3.05) is 0 Å². The molecule has 12 aliphatic rings. The van der Waals surface area contributed by atoms with E-state index in [1.165, 1.54) is 70.0 Å². The highest BCUT2D eigenvalue weighted by Gasteiger charge is 2.57. The summed E-state index contributed by atoms with van der Waals surface area (Å²) in [7, 11) is 0. The monoisotopic (exact) mass is 905 g/mol. The highest BCUT2D eigenvalue weighted by atomic mass is 16.5. The van der Waals surface area contributed by atoms with Crippen LogP contribution in [0.15, 0.2) is 95.1 Å². The van der Waals surface area contributed by atoms with Gasteiger partial charge < -0.3 is 14.5 Å². The quantitative estimate of drug-likeness (QED) is 0.237. The van der Waals surface area contributed by atoms with Crippen molar-refractivity contribution in [3.05, 3.63) is 95.1 Å². The molecular weight excluding hydrogens is 821 g/mol. The Morgan fingerprint density at radius 2 is 1.48 bits per heavy atom. The van der Waals surface area contributed by atoms with Crippen molar-refractivity contribution in [1.82, 2.24) is 25.8 Å². The molecule has 0 aromatic carbocycles. The molecule has 1 saturated carbocycles. The zero-order chi connectivity index (χ0) is 45.8. The van der Waals surface area contributed by atoms with E-state index in [4.69, 9.17) is 4.74 Å². The smallest absolute Gasteiger partial charge is 0.106 e. The van der Waals surface area contributed by atoms with Crippen LogP contribution in [0.2, 0.25) is 0 Å². The molecule has 360 valence electrons. The Bertz CT molecular complexity index is 2200. The van der Waals surface area contributed by atoms with Crippen LogP contribution in [0.25, 0.3) is 0 Å². The summed E-state index contributed by atoms with van der Waals surface area (Å²) in [4.78, 5) is 5.98. The van der Waals surface area contributed by atoms with Crippen molar-refractivity contribution in [3.8, 4) is 6.07 Å². The van der Waals surface area contributed by atoms with E-state index in [1.54, 1.807) is 22.5 Å². The molecule has 0 bridgehead atoms. The fraction of sp³-hybridized carbons (Fsp3) is 0.717. The van der Waals surface area contributed by atoms with Gasteiger partial charge in [0.25, 0.3) is 0 Å². The van der Waals surface area contributed by atoms with Crippen LogP contribution >= 0.6 is 0 Å². The lowest BCUT2D eigenvalue weighted by molar-refractivity contribution is -0.0150. The number of nitrogens with zero attached hydrogens (tertiary/aromatic N) is 3. The number of hydrogen-bond acceptors (Lipinski definition) is 7. The molecule has 4 heterocycles. The number of nitriles is 1. The normalized spacial score (nSPS) is 44.6. The first kappa shape index (κ1) is 44.9. The Hall–Kier alpha value is -3.31. The SMILES string of the molecule is CC(C)(C)C1C=CC2C(C1)C1=C(CCC(C(C)(C)C)C1)N2C1CC(N2C3=C(CCCC3)C3C=CC=CC32)C(C#N)CC1C1NC(C2CC=CCC2)NC(C2C=CCC3OC4=CCCCC4C32)N1. The first-order valence-electron chi connectivity index (χ1n) is 27.8. The minimum absolute atomic E-state index is 0.0456. The average Bonchev–Trinajstić information content (AvgIpc) is 4.00. The molecule has 0 amide bonds. The highest BCUT2D eigenvalue weighted by Crippen LogP contribution is 2.57. The van der Waals surface area contributed by atoms with Gasteiger partial charge in [-0.1, -0.05) is 102 Å². The molecule has 7 heteroatoms. The summed E-state index contributed by atoms with van der Waals surface area (Å²) in [5.74, 6) is 5.68. The number of nitrogens with one attached hydrogen (secondary N) is 3. The Balaban J connectivity index is 0.965. The predicted molar refractivity (Wildman–Crippen MR) is 270 cm³/mol. The molecular formula is C60H84N6O. The second-order valence-corrected chi connectivity index (χ2v) is 25.8. The van der Waals surface area contributed by atoms with Crippen molar-refractivity contribution in [3.63, 3.8) is 0 Å². The van der Waals surface area contributed by atoms with E-state index in [2.05, 4.69) is 140 Å². The first-order chi connectivity index (χ1) is 32.4. The second-order valence-electron chi connectivity index (χ2n) is 25.8. The summed E-state index contributed by atoms with van der Waals surface area (Å²) in [6.45, 7) is 14.9. The minimum atomic E-state index is -0.0456. The molecule has 18 atom stereocenters. The lowest BCUT2D eigenvalue weighted by Gasteiger charge is -2.56. The molecule has 8 aliphatic carbocycles. The first-order valence-corrected chi connectivity index (χ1v) is 27.8. The Morgan fingerprint density at radius 3 is 2.30 bits per heavy atom. The van der Waals surface area contributed by atoms with Gasteiger partial charge >= 0.3 is 0 Å². The number of rotatable bonds is 5. The van der Waals surface area contributed by atoms with Crippen LogP contribution in [0.1, 0.15) is 151 Å². The summed E-state index contributed by atoms with van der Waals surface area (Å²) in [5.41, 5.74) is 7.32. The van der Waals surface area contributed by atoms with E-state index < -0.39 is 0 Å². The maximum atomic E-state index is 11.6. The van der Waals surface area contributed by atoms with E-state index in [1.807, 2.05) is 0 Å². The van der Waals surface area contributed by atoms with Crippen molar-refractivity contribution >= 4 is 0 Å². The van der Waals surface area contributed by atoms with Gasteiger partial charge in [-0.3, -0.25) is 16.0 Å². The van der Waals surface area contributed by atoms with Crippen molar-refractivity contribution in [2.45, 2.75) is 199 Å². The molecule has 2 saturated heterocycles. The molecule has 0 spiro atoms. The van der Waals surface area contributed by atoms with Gasteiger partial charge in [-0.15, -0.1) is 0 Å². The topological polar surface area (TPSA) is 75.6 Å². The Morgan fingerprint density at radius 1 is 0.672 bits per heavy atom. The van der Waals surface area contributed by atoms with Gasteiger partial charge in [0.1, 0.15) is 6.10 Å². The van der Waals surface area contributed by atoms with Gasteiger partial charge in [-0.25, -0.2) is 0 Å². The Labute approximate surface area is 404 Å². The van der Waals surface area contributed by atoms with Crippen molar-refractivity contribution in [2.24, 2.45) is 70.0 Å². The van der Waals surface area contributed by atoms with Crippen LogP contribution < -0.4 is 16.0 Å². The fourth-order valence-corrected chi connectivity index (χ4v) is 16.8. The standard InChI is InChI=1S/C60H84N6O/c1-59(2,3)38-27-29-49-44(32-38)45-33-39(60(4,5)6)28-30-50(45)66(49)52-34-51(65-47-23-13-10-19-40(47)41-20-11-14-24-48(41)65)37(35-61)31-46(52)58-63-56(36-17-8-7-9-18-36)62-57(64-58)43-22-16-26-54-55(43)42-21-12-15-25-53(42)67-54/h7-8,10,13,16,19,22-23,25,27,29,36-40,42-44,46-47,49,51-52,54-58,62-64H,9,11-12,14-15,17-18,20-21,24,26,28,30-34H2,1-6H3. The van der Waals surface area contributed by atoms with E-state index in [0.29, 0.717) is 70.9 Å². The maximum Gasteiger partial charge on any atom is 0.106 e. The molecule has 67 heavy (non-hydrogen) atoms. The van der Waals surface area contributed by atoms with Crippen LogP contribution in [0.4, 0.5) is 0 Å². The molecule has 3 N–H and O–H groups in total. The second kappa shape index (κ2) is 17.5. The van der Waals surface area contributed by atoms with Crippen LogP contribution in [-0.4, -0.2) is 58.6 Å². The van der Waals surface area contributed by atoms with E-state index in [0.717, 1.165) is 44.9 Å². The van der Waals surface area contributed by atoms with Crippen LogP contribution in [-0.2, 0) is 4.74 Å². The summed E-state index contributed by atoms with van der Waals surface area (Å²) in [6.07, 6.45) is 48.0. The van der Waals surface area contributed by atoms with Gasteiger partial charge in [0, 0.05) is 65.4 Å². The lowest BCUT2D eigenvalue weighted by atomic mass is 9.66. The predicted octanol–water partition coefficient (Wildman–Crippen LogP) is 11.9. The molecule has 18 unspecified atom stereocenters. The number of ether oxygens (including phenoxy) is 1.